The van der Waals surface area contributed by atoms with Crippen molar-refractivity contribution in [1.29, 1.82) is 0 Å². The fourth-order valence-electron chi connectivity index (χ4n) is 2.27. The Labute approximate surface area is 152 Å². The summed E-state index contributed by atoms with van der Waals surface area (Å²) in [4.78, 5) is 11.9. The van der Waals surface area contributed by atoms with Crippen LogP contribution in [0.3, 0.4) is 0 Å². The van der Waals surface area contributed by atoms with E-state index >= 15 is 0 Å². The summed E-state index contributed by atoms with van der Waals surface area (Å²) >= 11 is 0. The molecule has 0 heterocycles. The maximum absolute atomic E-state index is 12.8. The second-order valence-electron chi connectivity index (χ2n) is 5.76. The van der Waals surface area contributed by atoms with E-state index in [0.29, 0.717) is 30.8 Å². The molecule has 0 fully saturated rings. The zero-order valence-corrected chi connectivity index (χ0v) is 15.3. The molecule has 0 saturated heterocycles. The van der Waals surface area contributed by atoms with E-state index in [9.17, 15) is 17.6 Å². The normalized spacial score (nSPS) is 11.0. The summed E-state index contributed by atoms with van der Waals surface area (Å²) in [6.45, 7) is 2.20. The molecule has 2 amide bonds. The maximum atomic E-state index is 12.8. The van der Waals surface area contributed by atoms with E-state index in [1.807, 2.05) is 0 Å². The van der Waals surface area contributed by atoms with Gasteiger partial charge in [0.15, 0.2) is 0 Å². The van der Waals surface area contributed by atoms with Crippen LogP contribution in [-0.4, -0.2) is 26.7 Å². The van der Waals surface area contributed by atoms with E-state index in [1.54, 1.807) is 43.3 Å². The van der Waals surface area contributed by atoms with Crippen LogP contribution < -0.4 is 15.4 Å². The third-order valence-electron chi connectivity index (χ3n) is 3.50. The molecule has 3 N–H and O–H groups in total. The number of hydrogen-bond acceptors (Lipinski definition) is 3. The summed E-state index contributed by atoms with van der Waals surface area (Å²) in [5.74, 6) is -0.233. The Morgan fingerprint density at radius 2 is 1.62 bits per heavy atom. The van der Waals surface area contributed by atoms with Gasteiger partial charge in [-0.05, 0) is 54.8 Å². The summed E-state index contributed by atoms with van der Waals surface area (Å²) in [6.07, 6.45) is 1.12. The highest BCUT2D eigenvalue weighted by Crippen LogP contribution is 2.15. The van der Waals surface area contributed by atoms with E-state index in [2.05, 4.69) is 15.4 Å². The van der Waals surface area contributed by atoms with Gasteiger partial charge < -0.3 is 10.6 Å². The Hall–Kier alpha value is -2.61. The highest BCUT2D eigenvalue weighted by molar-refractivity contribution is 7.92. The van der Waals surface area contributed by atoms with E-state index < -0.39 is 10.0 Å². The summed E-state index contributed by atoms with van der Waals surface area (Å²) < 4.78 is 38.7. The highest BCUT2D eigenvalue weighted by atomic mass is 32.2. The standard InChI is InChI=1S/C18H22FN3O3S/c1-2-13-26(24,25)22-17-9-7-16(8-10-17)21-18(23)20-12-11-14-3-5-15(19)6-4-14/h3-10,22H,2,11-13H2,1H3,(H2,20,21,23). The molecule has 2 aromatic carbocycles. The van der Waals surface area contributed by atoms with Gasteiger partial charge in [0.2, 0.25) is 10.0 Å². The first kappa shape index (κ1) is 19.7. The fraction of sp³-hybridized carbons (Fsp3) is 0.278. The van der Waals surface area contributed by atoms with Gasteiger partial charge >= 0.3 is 6.03 Å². The van der Waals surface area contributed by atoms with Crippen LogP contribution in [0.1, 0.15) is 18.9 Å². The number of amides is 2. The zero-order valence-electron chi connectivity index (χ0n) is 14.5. The number of halogens is 1. The molecule has 0 bridgehead atoms. The number of benzene rings is 2. The summed E-state index contributed by atoms with van der Waals surface area (Å²) in [6, 6.07) is 12.1. The Morgan fingerprint density at radius 3 is 2.23 bits per heavy atom. The third kappa shape index (κ3) is 6.72. The molecular formula is C18H22FN3O3S. The van der Waals surface area contributed by atoms with E-state index in [0.717, 1.165) is 5.56 Å². The monoisotopic (exact) mass is 379 g/mol. The van der Waals surface area contributed by atoms with Gasteiger partial charge in [0.1, 0.15) is 5.82 Å². The molecule has 140 valence electrons. The Kier molecular flexibility index (Phi) is 6.97. The first-order valence-electron chi connectivity index (χ1n) is 8.28. The molecule has 0 aromatic heterocycles. The quantitative estimate of drug-likeness (QED) is 0.657. The highest BCUT2D eigenvalue weighted by Gasteiger charge is 2.08. The second-order valence-corrected chi connectivity index (χ2v) is 7.60. The van der Waals surface area contributed by atoms with Crippen molar-refractivity contribution in [2.75, 3.05) is 22.3 Å². The van der Waals surface area contributed by atoms with Crippen LogP contribution in [0, 0.1) is 5.82 Å². The Morgan fingerprint density at radius 1 is 1.00 bits per heavy atom. The number of nitrogens with one attached hydrogen (secondary N) is 3. The molecule has 8 heteroatoms. The molecule has 0 unspecified atom stereocenters. The number of carbonyl (C=O) groups excluding carboxylic acids is 1. The molecular weight excluding hydrogens is 357 g/mol. The number of sulfonamides is 1. The molecule has 0 aliphatic heterocycles. The molecule has 0 atom stereocenters. The van der Waals surface area contributed by atoms with Gasteiger partial charge in [0.25, 0.3) is 0 Å². The van der Waals surface area contributed by atoms with Crippen molar-refractivity contribution in [3.8, 4) is 0 Å². The van der Waals surface area contributed by atoms with Gasteiger partial charge in [-0.25, -0.2) is 17.6 Å². The van der Waals surface area contributed by atoms with Crippen LogP contribution in [0.5, 0.6) is 0 Å². The first-order valence-corrected chi connectivity index (χ1v) is 9.93. The SMILES string of the molecule is CCCS(=O)(=O)Nc1ccc(NC(=O)NCCc2ccc(F)cc2)cc1. The molecule has 0 saturated carbocycles. The van der Waals surface area contributed by atoms with Crippen LogP contribution in [0.4, 0.5) is 20.6 Å². The Balaban J connectivity index is 1.79. The molecule has 6 nitrogen and oxygen atoms in total. The molecule has 26 heavy (non-hydrogen) atoms. The van der Waals surface area contributed by atoms with Crippen molar-refractivity contribution in [2.24, 2.45) is 0 Å². The number of rotatable bonds is 8. The number of carbonyl (C=O) groups is 1. The van der Waals surface area contributed by atoms with Crippen molar-refractivity contribution < 1.29 is 17.6 Å². The van der Waals surface area contributed by atoms with Crippen molar-refractivity contribution in [3.63, 3.8) is 0 Å². The average Bonchev–Trinajstić information content (AvgIpc) is 2.58. The summed E-state index contributed by atoms with van der Waals surface area (Å²) in [5, 5.41) is 5.37. The van der Waals surface area contributed by atoms with Crippen LogP contribution >= 0.6 is 0 Å². The van der Waals surface area contributed by atoms with Crippen molar-refractivity contribution in [1.82, 2.24) is 5.32 Å². The predicted molar refractivity (Wildman–Crippen MR) is 101 cm³/mol. The fourth-order valence-corrected chi connectivity index (χ4v) is 3.40. The predicted octanol–water partition coefficient (Wildman–Crippen LogP) is 3.34. The molecule has 2 aromatic rings. The molecule has 0 radical (unpaired) electrons. The van der Waals surface area contributed by atoms with Crippen LogP contribution in [0.25, 0.3) is 0 Å². The van der Waals surface area contributed by atoms with Gasteiger partial charge in [-0.1, -0.05) is 19.1 Å². The van der Waals surface area contributed by atoms with Crippen molar-refractivity contribution >= 4 is 27.4 Å². The molecule has 0 spiro atoms. The topological polar surface area (TPSA) is 87.3 Å². The summed E-state index contributed by atoms with van der Waals surface area (Å²) in [5.41, 5.74) is 1.92. The van der Waals surface area contributed by atoms with Gasteiger partial charge in [0.05, 0.1) is 5.75 Å². The van der Waals surface area contributed by atoms with Crippen molar-refractivity contribution in [2.45, 2.75) is 19.8 Å². The second kappa shape index (κ2) is 9.19. The van der Waals surface area contributed by atoms with Crippen molar-refractivity contribution in [3.05, 3.63) is 59.9 Å². The minimum Gasteiger partial charge on any atom is -0.338 e. The lowest BCUT2D eigenvalue weighted by Gasteiger charge is -2.10. The van der Waals surface area contributed by atoms with Gasteiger partial charge in [-0.2, -0.15) is 0 Å². The molecule has 0 aliphatic carbocycles. The van der Waals surface area contributed by atoms with E-state index in [-0.39, 0.29) is 17.6 Å². The van der Waals surface area contributed by atoms with Gasteiger partial charge in [-0.3, -0.25) is 4.72 Å². The smallest absolute Gasteiger partial charge is 0.319 e. The minimum atomic E-state index is -3.33. The van der Waals surface area contributed by atoms with E-state index in [4.69, 9.17) is 0 Å². The lowest BCUT2D eigenvalue weighted by molar-refractivity contribution is 0.252. The number of anilines is 2. The lowest BCUT2D eigenvalue weighted by Crippen LogP contribution is -2.30. The molecule has 0 aliphatic rings. The lowest BCUT2D eigenvalue weighted by atomic mass is 10.1. The number of urea groups is 1. The maximum Gasteiger partial charge on any atom is 0.319 e. The zero-order chi connectivity index (χ0) is 19.0. The third-order valence-corrected chi connectivity index (χ3v) is 4.99. The minimum absolute atomic E-state index is 0.0590. The van der Waals surface area contributed by atoms with Crippen LogP contribution in [0.2, 0.25) is 0 Å². The van der Waals surface area contributed by atoms with Crippen LogP contribution in [0.15, 0.2) is 48.5 Å². The van der Waals surface area contributed by atoms with Gasteiger partial charge in [-0.15, -0.1) is 0 Å². The average molecular weight is 379 g/mol. The largest absolute Gasteiger partial charge is 0.338 e. The first-order chi connectivity index (χ1) is 12.4. The number of hydrogen-bond donors (Lipinski definition) is 3. The van der Waals surface area contributed by atoms with Crippen LogP contribution in [-0.2, 0) is 16.4 Å². The Bertz CT molecular complexity index is 822. The summed E-state index contributed by atoms with van der Waals surface area (Å²) in [7, 11) is -3.33. The van der Waals surface area contributed by atoms with Gasteiger partial charge in [0, 0.05) is 17.9 Å². The molecule has 2 rings (SSSR count). The van der Waals surface area contributed by atoms with E-state index in [1.165, 1.54) is 12.1 Å².